The number of benzene rings is 1. The smallest absolute Gasteiger partial charge is 0.421 e. The molecule has 0 saturated carbocycles. The van der Waals surface area contributed by atoms with Crippen molar-refractivity contribution >= 4 is 23.4 Å². The Labute approximate surface area is 137 Å². The molecule has 0 aliphatic carbocycles. The maximum absolute atomic E-state index is 13.2. The predicted octanol–water partition coefficient (Wildman–Crippen LogP) is 4.47. The van der Waals surface area contributed by atoms with Gasteiger partial charge in [0.2, 0.25) is 0 Å². The highest BCUT2D eigenvalue weighted by Gasteiger charge is 2.38. The number of rotatable bonds is 6. The van der Waals surface area contributed by atoms with Gasteiger partial charge in [-0.3, -0.25) is 0 Å². The lowest BCUT2D eigenvalue weighted by Crippen LogP contribution is -2.32. The first-order chi connectivity index (χ1) is 10.4. The van der Waals surface area contributed by atoms with E-state index in [9.17, 15) is 13.2 Å². The fraction of sp³-hybridized carbons (Fsp3) is 0.600. The van der Waals surface area contributed by atoms with E-state index in [-0.39, 0.29) is 22.8 Å². The van der Waals surface area contributed by atoms with Crippen LogP contribution in [0.3, 0.4) is 0 Å². The molecule has 22 heavy (non-hydrogen) atoms. The molecule has 1 fully saturated rings. The van der Waals surface area contributed by atoms with Crippen LogP contribution in [0.25, 0.3) is 0 Å². The average Bonchev–Trinajstić information content (AvgIpc) is 2.96. The minimum Gasteiger partial charge on any atom is -0.489 e. The first kappa shape index (κ1) is 17.8. The Kier molecular flexibility index (Phi) is 6.29. The van der Waals surface area contributed by atoms with Crippen LogP contribution in [-0.2, 0) is 6.18 Å². The summed E-state index contributed by atoms with van der Waals surface area (Å²) < 4.78 is 45.4. The van der Waals surface area contributed by atoms with Gasteiger partial charge in [-0.2, -0.15) is 24.9 Å². The van der Waals surface area contributed by atoms with E-state index in [1.165, 1.54) is 18.2 Å². The summed E-state index contributed by atoms with van der Waals surface area (Å²) in [7, 11) is 0. The quantitative estimate of drug-likeness (QED) is 0.815. The van der Waals surface area contributed by atoms with Gasteiger partial charge in [-0.05, 0) is 30.9 Å². The molecule has 1 aliphatic rings. The summed E-state index contributed by atoms with van der Waals surface area (Å²) in [6, 6.07) is 4.08. The van der Waals surface area contributed by atoms with Gasteiger partial charge in [0.15, 0.2) is 0 Å². The molecule has 2 atom stereocenters. The van der Waals surface area contributed by atoms with Gasteiger partial charge >= 0.3 is 6.18 Å². The van der Waals surface area contributed by atoms with Crippen molar-refractivity contribution in [3.05, 3.63) is 28.8 Å². The number of ether oxygens (including phenoxy) is 1. The van der Waals surface area contributed by atoms with Gasteiger partial charge in [-0.15, -0.1) is 0 Å². The first-order valence-electron chi connectivity index (χ1n) is 7.24. The lowest BCUT2D eigenvalue weighted by atomic mass is 10.0. The fourth-order valence-electron chi connectivity index (χ4n) is 2.54. The molecule has 2 rings (SSSR count). The third-order valence-electron chi connectivity index (χ3n) is 3.65. The molecular weight excluding hydrogens is 335 g/mol. The molecule has 0 unspecified atom stereocenters. The van der Waals surface area contributed by atoms with Crippen LogP contribution in [0.1, 0.15) is 18.9 Å². The van der Waals surface area contributed by atoms with Crippen molar-refractivity contribution < 1.29 is 17.9 Å². The minimum absolute atomic E-state index is 0.173. The van der Waals surface area contributed by atoms with Crippen LogP contribution in [0.5, 0.6) is 5.75 Å². The largest absolute Gasteiger partial charge is 0.489 e. The number of halogens is 4. The van der Waals surface area contributed by atoms with E-state index in [1.807, 2.05) is 6.92 Å². The Morgan fingerprint density at radius 2 is 2.23 bits per heavy atom. The van der Waals surface area contributed by atoms with Gasteiger partial charge < -0.3 is 10.1 Å². The molecule has 1 N–H and O–H groups in total. The van der Waals surface area contributed by atoms with Crippen molar-refractivity contribution in [3.63, 3.8) is 0 Å². The molecule has 0 radical (unpaired) electrons. The predicted molar refractivity (Wildman–Crippen MR) is 84.8 cm³/mol. The number of nitrogens with one attached hydrogen (secondary N) is 1. The van der Waals surface area contributed by atoms with Gasteiger partial charge in [0.05, 0.1) is 5.02 Å². The van der Waals surface area contributed by atoms with Gasteiger partial charge in [0.1, 0.15) is 17.4 Å². The maximum atomic E-state index is 13.2. The Bertz CT molecular complexity index is 492. The SMILES string of the molecule is CCSC[C@H](Oc1cccc(Cl)c1C(F)(F)F)[C@H]1CCNC1. The van der Waals surface area contributed by atoms with Crippen LogP contribution in [0, 0.1) is 5.92 Å². The molecule has 0 bridgehead atoms. The zero-order valence-corrected chi connectivity index (χ0v) is 13.8. The van der Waals surface area contributed by atoms with Crippen molar-refractivity contribution in [2.45, 2.75) is 25.6 Å². The highest BCUT2D eigenvalue weighted by Crippen LogP contribution is 2.41. The van der Waals surface area contributed by atoms with Crippen LogP contribution in [0.2, 0.25) is 5.02 Å². The van der Waals surface area contributed by atoms with E-state index in [0.29, 0.717) is 5.75 Å². The monoisotopic (exact) mass is 353 g/mol. The second kappa shape index (κ2) is 7.79. The second-order valence-electron chi connectivity index (χ2n) is 5.18. The Balaban J connectivity index is 2.23. The maximum Gasteiger partial charge on any atom is 0.421 e. The average molecular weight is 354 g/mol. The zero-order valence-electron chi connectivity index (χ0n) is 12.3. The molecule has 124 valence electrons. The second-order valence-corrected chi connectivity index (χ2v) is 6.91. The number of thioether (sulfide) groups is 1. The van der Waals surface area contributed by atoms with Crippen molar-refractivity contribution in [2.75, 3.05) is 24.6 Å². The van der Waals surface area contributed by atoms with Gasteiger partial charge in [-0.1, -0.05) is 24.6 Å². The standard InChI is InChI=1S/C15H19ClF3NOS/c1-2-22-9-13(10-6-7-20-8-10)21-12-5-3-4-11(16)14(12)15(17,18)19/h3-5,10,13,20H,2,6-9H2,1H3/t10-,13-/m0/s1. The molecule has 0 aromatic heterocycles. The first-order valence-corrected chi connectivity index (χ1v) is 8.77. The zero-order chi connectivity index (χ0) is 16.2. The van der Waals surface area contributed by atoms with Crippen LogP contribution >= 0.6 is 23.4 Å². The molecule has 0 amide bonds. The van der Waals surface area contributed by atoms with Gasteiger partial charge in [0.25, 0.3) is 0 Å². The van der Waals surface area contributed by atoms with Crippen molar-refractivity contribution in [2.24, 2.45) is 5.92 Å². The summed E-state index contributed by atoms with van der Waals surface area (Å²) in [5.74, 6) is 1.63. The lowest BCUT2D eigenvalue weighted by Gasteiger charge is -2.26. The number of hydrogen-bond donors (Lipinski definition) is 1. The number of alkyl halides is 3. The summed E-state index contributed by atoms with van der Waals surface area (Å²) in [6.45, 7) is 3.68. The summed E-state index contributed by atoms with van der Waals surface area (Å²) in [6.07, 6.45) is -3.86. The van der Waals surface area contributed by atoms with Crippen molar-refractivity contribution in [3.8, 4) is 5.75 Å². The topological polar surface area (TPSA) is 21.3 Å². The number of hydrogen-bond acceptors (Lipinski definition) is 3. The van der Waals surface area contributed by atoms with Crippen molar-refractivity contribution in [1.29, 1.82) is 0 Å². The molecule has 1 aromatic rings. The van der Waals surface area contributed by atoms with Crippen LogP contribution < -0.4 is 10.1 Å². The van der Waals surface area contributed by atoms with E-state index in [0.717, 1.165) is 25.3 Å². The van der Waals surface area contributed by atoms with Gasteiger partial charge in [-0.25, -0.2) is 0 Å². The summed E-state index contributed by atoms with van der Waals surface area (Å²) in [5, 5.41) is 2.91. The third-order valence-corrected chi connectivity index (χ3v) is 4.94. The van der Waals surface area contributed by atoms with E-state index in [1.54, 1.807) is 11.8 Å². The molecule has 1 saturated heterocycles. The molecular formula is C15H19ClF3NOS. The highest BCUT2D eigenvalue weighted by atomic mass is 35.5. The third kappa shape index (κ3) is 4.46. The van der Waals surface area contributed by atoms with Crippen molar-refractivity contribution in [1.82, 2.24) is 5.32 Å². The molecule has 1 aromatic carbocycles. The summed E-state index contributed by atoms with van der Waals surface area (Å²) >= 11 is 7.42. The molecule has 1 heterocycles. The Morgan fingerprint density at radius 3 is 2.82 bits per heavy atom. The highest BCUT2D eigenvalue weighted by molar-refractivity contribution is 7.99. The minimum atomic E-state index is -4.52. The van der Waals surface area contributed by atoms with E-state index < -0.39 is 11.7 Å². The molecule has 1 aliphatic heterocycles. The summed E-state index contributed by atoms with van der Waals surface area (Å²) in [5.41, 5.74) is -0.880. The normalized spacial score (nSPS) is 20.1. The Hall–Kier alpha value is -0.590. The molecule has 7 heteroatoms. The van der Waals surface area contributed by atoms with E-state index in [2.05, 4.69) is 5.32 Å². The summed E-state index contributed by atoms with van der Waals surface area (Å²) in [4.78, 5) is 0. The fourth-order valence-corrected chi connectivity index (χ4v) is 3.62. The van der Waals surface area contributed by atoms with Crippen LogP contribution in [0.4, 0.5) is 13.2 Å². The van der Waals surface area contributed by atoms with E-state index in [4.69, 9.17) is 16.3 Å². The lowest BCUT2D eigenvalue weighted by molar-refractivity contribution is -0.139. The van der Waals surface area contributed by atoms with Crippen LogP contribution in [0.15, 0.2) is 18.2 Å². The Morgan fingerprint density at radius 1 is 1.45 bits per heavy atom. The van der Waals surface area contributed by atoms with Crippen LogP contribution in [-0.4, -0.2) is 30.7 Å². The van der Waals surface area contributed by atoms with E-state index >= 15 is 0 Å². The molecule has 0 spiro atoms. The molecule has 2 nitrogen and oxygen atoms in total. The van der Waals surface area contributed by atoms with Gasteiger partial charge in [0, 0.05) is 18.2 Å².